The van der Waals surface area contributed by atoms with Crippen LogP contribution in [0.1, 0.15) is 24.4 Å². The highest BCUT2D eigenvalue weighted by atomic mass is 35.5. The lowest BCUT2D eigenvalue weighted by molar-refractivity contribution is 0.0584. The van der Waals surface area contributed by atoms with E-state index in [2.05, 4.69) is 16.8 Å². The standard InChI is InChI=1S/C10H15NOS.ClH/c11-10(9-3-6-13-7-9)8-1-4-12-5-2-8;/h3,6-8,10H,1-2,4-5,11H2;1H. The molecule has 2 rings (SSSR count). The summed E-state index contributed by atoms with van der Waals surface area (Å²) in [4.78, 5) is 0. The van der Waals surface area contributed by atoms with E-state index in [1.165, 1.54) is 5.56 Å². The van der Waals surface area contributed by atoms with Gasteiger partial charge in [-0.25, -0.2) is 0 Å². The Bertz CT molecular complexity index is 247. The Morgan fingerprint density at radius 1 is 1.43 bits per heavy atom. The van der Waals surface area contributed by atoms with E-state index in [0.717, 1.165) is 26.1 Å². The molecule has 1 atom stereocenters. The zero-order chi connectivity index (χ0) is 9.10. The predicted molar refractivity (Wildman–Crippen MR) is 62.0 cm³/mol. The summed E-state index contributed by atoms with van der Waals surface area (Å²) in [6, 6.07) is 2.35. The van der Waals surface area contributed by atoms with Crippen LogP contribution in [-0.2, 0) is 4.74 Å². The second-order valence-electron chi connectivity index (χ2n) is 3.53. The average Bonchev–Trinajstić information content (AvgIpc) is 2.71. The van der Waals surface area contributed by atoms with Crippen LogP contribution in [0, 0.1) is 5.92 Å². The van der Waals surface area contributed by atoms with Gasteiger partial charge in [-0.3, -0.25) is 0 Å². The summed E-state index contributed by atoms with van der Waals surface area (Å²) in [7, 11) is 0. The van der Waals surface area contributed by atoms with Gasteiger partial charge in [0, 0.05) is 19.3 Å². The molecule has 0 amide bonds. The van der Waals surface area contributed by atoms with Crippen molar-refractivity contribution in [3.63, 3.8) is 0 Å². The molecule has 1 saturated heterocycles. The molecule has 1 aromatic heterocycles. The molecule has 1 aliphatic rings. The van der Waals surface area contributed by atoms with Crippen LogP contribution in [0.15, 0.2) is 16.8 Å². The molecule has 2 nitrogen and oxygen atoms in total. The largest absolute Gasteiger partial charge is 0.381 e. The smallest absolute Gasteiger partial charge is 0.0469 e. The first kappa shape index (κ1) is 12.0. The van der Waals surface area contributed by atoms with Crippen LogP contribution in [0.3, 0.4) is 0 Å². The lowest BCUT2D eigenvalue weighted by Crippen LogP contribution is -2.27. The zero-order valence-electron chi connectivity index (χ0n) is 8.02. The van der Waals surface area contributed by atoms with Crippen LogP contribution in [0.2, 0.25) is 0 Å². The molecule has 2 heterocycles. The molecule has 4 heteroatoms. The van der Waals surface area contributed by atoms with Crippen molar-refractivity contribution in [2.24, 2.45) is 11.7 Å². The molecule has 0 saturated carbocycles. The van der Waals surface area contributed by atoms with E-state index in [1.54, 1.807) is 11.3 Å². The number of hydrogen-bond donors (Lipinski definition) is 1. The van der Waals surface area contributed by atoms with E-state index in [4.69, 9.17) is 10.5 Å². The number of thiophene rings is 1. The minimum atomic E-state index is 0. The molecule has 2 N–H and O–H groups in total. The summed E-state index contributed by atoms with van der Waals surface area (Å²) in [5, 5.41) is 4.24. The fraction of sp³-hybridized carbons (Fsp3) is 0.600. The van der Waals surface area contributed by atoms with Crippen molar-refractivity contribution in [3.8, 4) is 0 Å². The van der Waals surface area contributed by atoms with Gasteiger partial charge in [0.2, 0.25) is 0 Å². The van der Waals surface area contributed by atoms with Gasteiger partial charge in [-0.15, -0.1) is 12.4 Å². The first-order chi connectivity index (χ1) is 6.38. The fourth-order valence-corrected chi connectivity index (χ4v) is 2.52. The van der Waals surface area contributed by atoms with Gasteiger partial charge in [-0.2, -0.15) is 11.3 Å². The highest BCUT2D eigenvalue weighted by molar-refractivity contribution is 7.07. The van der Waals surface area contributed by atoms with Gasteiger partial charge in [-0.05, 0) is 41.1 Å². The molecule has 80 valence electrons. The SMILES string of the molecule is Cl.NC(c1ccsc1)C1CCOCC1. The first-order valence-electron chi connectivity index (χ1n) is 4.73. The molecule has 1 unspecified atom stereocenters. The molecule has 1 fully saturated rings. The maximum Gasteiger partial charge on any atom is 0.0469 e. The van der Waals surface area contributed by atoms with Crippen molar-refractivity contribution >= 4 is 23.7 Å². The summed E-state index contributed by atoms with van der Waals surface area (Å²) >= 11 is 1.72. The minimum Gasteiger partial charge on any atom is -0.381 e. The van der Waals surface area contributed by atoms with Crippen LogP contribution in [0.25, 0.3) is 0 Å². The highest BCUT2D eigenvalue weighted by Crippen LogP contribution is 2.28. The first-order valence-corrected chi connectivity index (χ1v) is 5.67. The molecular formula is C10H16ClNOS. The number of halogens is 1. The third-order valence-electron chi connectivity index (χ3n) is 2.70. The van der Waals surface area contributed by atoms with Gasteiger partial charge in [0.05, 0.1) is 0 Å². The number of rotatable bonds is 2. The molecule has 0 radical (unpaired) electrons. The van der Waals surface area contributed by atoms with Crippen molar-refractivity contribution in [2.45, 2.75) is 18.9 Å². The van der Waals surface area contributed by atoms with Crippen molar-refractivity contribution in [2.75, 3.05) is 13.2 Å². The molecule has 1 aliphatic heterocycles. The Morgan fingerprint density at radius 2 is 2.14 bits per heavy atom. The van der Waals surface area contributed by atoms with Gasteiger partial charge < -0.3 is 10.5 Å². The van der Waals surface area contributed by atoms with Gasteiger partial charge in [0.25, 0.3) is 0 Å². The fourth-order valence-electron chi connectivity index (χ4n) is 1.81. The third kappa shape index (κ3) is 2.70. The van der Waals surface area contributed by atoms with Crippen molar-refractivity contribution in [1.82, 2.24) is 0 Å². The van der Waals surface area contributed by atoms with Crippen LogP contribution in [-0.4, -0.2) is 13.2 Å². The summed E-state index contributed by atoms with van der Waals surface area (Å²) in [6.45, 7) is 1.75. The second-order valence-corrected chi connectivity index (χ2v) is 4.31. The Labute approximate surface area is 94.9 Å². The molecule has 14 heavy (non-hydrogen) atoms. The quantitative estimate of drug-likeness (QED) is 0.852. The van der Waals surface area contributed by atoms with Crippen LogP contribution >= 0.6 is 23.7 Å². The zero-order valence-corrected chi connectivity index (χ0v) is 9.65. The molecule has 0 aliphatic carbocycles. The Morgan fingerprint density at radius 3 is 2.71 bits per heavy atom. The average molecular weight is 234 g/mol. The van der Waals surface area contributed by atoms with Gasteiger partial charge in [0.15, 0.2) is 0 Å². The maximum atomic E-state index is 6.17. The predicted octanol–water partition coefficient (Wildman–Crippen LogP) is 2.60. The van der Waals surface area contributed by atoms with E-state index in [0.29, 0.717) is 5.92 Å². The summed E-state index contributed by atoms with van der Waals surface area (Å²) in [5.74, 6) is 0.614. The van der Waals surface area contributed by atoms with E-state index in [-0.39, 0.29) is 18.4 Å². The number of nitrogens with two attached hydrogens (primary N) is 1. The monoisotopic (exact) mass is 233 g/mol. The second kappa shape index (κ2) is 5.71. The maximum absolute atomic E-state index is 6.17. The Balaban J connectivity index is 0.000000980. The van der Waals surface area contributed by atoms with Crippen molar-refractivity contribution in [3.05, 3.63) is 22.4 Å². The lowest BCUT2D eigenvalue weighted by Gasteiger charge is -2.27. The van der Waals surface area contributed by atoms with Crippen molar-refractivity contribution < 1.29 is 4.74 Å². The van der Waals surface area contributed by atoms with E-state index in [9.17, 15) is 0 Å². The summed E-state index contributed by atoms with van der Waals surface area (Å²) in [6.07, 6.45) is 2.22. The van der Waals surface area contributed by atoms with Crippen LogP contribution < -0.4 is 5.73 Å². The number of ether oxygens (including phenoxy) is 1. The van der Waals surface area contributed by atoms with Gasteiger partial charge >= 0.3 is 0 Å². The topological polar surface area (TPSA) is 35.2 Å². The minimum absolute atomic E-state index is 0. The number of hydrogen-bond acceptors (Lipinski definition) is 3. The molecule has 0 aromatic carbocycles. The summed E-state index contributed by atoms with van der Waals surface area (Å²) < 4.78 is 5.31. The van der Waals surface area contributed by atoms with Crippen LogP contribution in [0.4, 0.5) is 0 Å². The van der Waals surface area contributed by atoms with E-state index < -0.39 is 0 Å². The highest BCUT2D eigenvalue weighted by Gasteiger charge is 2.22. The molecule has 0 spiro atoms. The molecule has 1 aromatic rings. The van der Waals surface area contributed by atoms with Gasteiger partial charge in [-0.1, -0.05) is 0 Å². The lowest BCUT2D eigenvalue weighted by atomic mass is 9.89. The van der Waals surface area contributed by atoms with E-state index in [1.807, 2.05) is 0 Å². The normalized spacial score (nSPS) is 20.1. The molecule has 0 bridgehead atoms. The van der Waals surface area contributed by atoms with Crippen molar-refractivity contribution in [1.29, 1.82) is 0 Å². The van der Waals surface area contributed by atoms with Crippen LogP contribution in [0.5, 0.6) is 0 Å². The van der Waals surface area contributed by atoms with E-state index >= 15 is 0 Å². The Kier molecular flexibility index (Phi) is 4.89. The Hall–Kier alpha value is -0.0900. The molecular weight excluding hydrogens is 218 g/mol. The van der Waals surface area contributed by atoms with Gasteiger partial charge in [0.1, 0.15) is 0 Å². The third-order valence-corrected chi connectivity index (χ3v) is 3.40. The summed E-state index contributed by atoms with van der Waals surface area (Å²) in [5.41, 5.74) is 7.45.